The van der Waals surface area contributed by atoms with Crippen LogP contribution in [-0.4, -0.2) is 9.55 Å². The average Bonchev–Trinajstić information content (AvgIpc) is 2.80. The van der Waals surface area contributed by atoms with Gasteiger partial charge in [0.25, 0.3) is 0 Å². The number of fused-ring (bicyclic) bond motifs is 1. The monoisotopic (exact) mass is 318 g/mol. The summed E-state index contributed by atoms with van der Waals surface area (Å²) in [7, 11) is 0. The number of aryl methyl sites for hydroxylation is 2. The molecule has 0 aliphatic carbocycles. The summed E-state index contributed by atoms with van der Waals surface area (Å²) in [6, 6.07) is 12.1. The lowest BCUT2D eigenvalue weighted by Crippen LogP contribution is -2.04. The van der Waals surface area contributed by atoms with Gasteiger partial charge in [-0.2, -0.15) is 0 Å². The summed E-state index contributed by atoms with van der Waals surface area (Å²) < 4.78 is 2.11. The van der Waals surface area contributed by atoms with E-state index in [0.29, 0.717) is 5.02 Å². The quantitative estimate of drug-likeness (QED) is 0.563. The first kappa shape index (κ1) is 14.4. The van der Waals surface area contributed by atoms with Crippen LogP contribution >= 0.6 is 23.2 Å². The van der Waals surface area contributed by atoms with E-state index in [9.17, 15) is 0 Å². The molecule has 3 aromatic rings. The summed E-state index contributed by atoms with van der Waals surface area (Å²) in [6.45, 7) is 6.11. The summed E-state index contributed by atoms with van der Waals surface area (Å²) in [5.74, 6) is 0.836. The van der Waals surface area contributed by atoms with Gasteiger partial charge in [0.15, 0.2) is 0 Å². The molecule has 4 heteroatoms. The van der Waals surface area contributed by atoms with E-state index in [2.05, 4.69) is 41.6 Å². The Morgan fingerprint density at radius 1 is 1.10 bits per heavy atom. The van der Waals surface area contributed by atoms with Crippen LogP contribution in [0.3, 0.4) is 0 Å². The number of rotatable bonds is 2. The number of benzene rings is 2. The molecule has 2 nitrogen and oxygen atoms in total. The first-order chi connectivity index (χ1) is 9.97. The second-order valence-electron chi connectivity index (χ2n) is 5.34. The first-order valence-electron chi connectivity index (χ1n) is 6.87. The SMILES string of the molecule is Cc1ccc(C)c(-n2c(C(C)Cl)nc3ccc(Cl)cc32)c1. The van der Waals surface area contributed by atoms with E-state index in [4.69, 9.17) is 23.2 Å². The maximum absolute atomic E-state index is 6.35. The van der Waals surface area contributed by atoms with Gasteiger partial charge in [-0.05, 0) is 56.2 Å². The highest BCUT2D eigenvalue weighted by Crippen LogP contribution is 2.31. The van der Waals surface area contributed by atoms with Crippen LogP contribution in [0.4, 0.5) is 0 Å². The summed E-state index contributed by atoms with van der Waals surface area (Å²) >= 11 is 12.5. The molecular formula is C17H16Cl2N2. The predicted octanol–water partition coefficient (Wildman–Crippen LogP) is 5.60. The molecule has 0 amide bonds. The van der Waals surface area contributed by atoms with Crippen molar-refractivity contribution in [1.82, 2.24) is 9.55 Å². The fourth-order valence-electron chi connectivity index (χ4n) is 2.55. The van der Waals surface area contributed by atoms with Crippen molar-refractivity contribution in [3.8, 4) is 5.69 Å². The maximum Gasteiger partial charge on any atom is 0.132 e. The van der Waals surface area contributed by atoms with Crippen molar-refractivity contribution in [3.63, 3.8) is 0 Å². The van der Waals surface area contributed by atoms with Crippen molar-refractivity contribution in [2.24, 2.45) is 0 Å². The Bertz CT molecular complexity index is 819. The third kappa shape index (κ3) is 2.54. The number of alkyl halides is 1. The van der Waals surface area contributed by atoms with E-state index in [1.807, 2.05) is 25.1 Å². The number of imidazole rings is 1. The van der Waals surface area contributed by atoms with Crippen LogP contribution in [0.2, 0.25) is 5.02 Å². The molecule has 0 radical (unpaired) electrons. The molecule has 3 rings (SSSR count). The molecule has 0 saturated heterocycles. The zero-order valence-electron chi connectivity index (χ0n) is 12.2. The Morgan fingerprint density at radius 3 is 2.57 bits per heavy atom. The van der Waals surface area contributed by atoms with Crippen molar-refractivity contribution in [2.75, 3.05) is 0 Å². The van der Waals surface area contributed by atoms with Crippen LogP contribution in [0.1, 0.15) is 29.3 Å². The molecule has 0 bridgehead atoms. The van der Waals surface area contributed by atoms with E-state index in [-0.39, 0.29) is 5.38 Å². The molecule has 1 atom stereocenters. The Balaban J connectivity index is 2.41. The highest BCUT2D eigenvalue weighted by Gasteiger charge is 2.17. The van der Waals surface area contributed by atoms with Gasteiger partial charge in [-0.25, -0.2) is 4.98 Å². The standard InChI is InChI=1S/C17H16Cl2N2/c1-10-4-5-11(2)15(8-10)21-16-9-13(19)6-7-14(16)20-17(21)12(3)18/h4-9,12H,1-3H3. The van der Waals surface area contributed by atoms with Gasteiger partial charge in [0.05, 0.1) is 22.1 Å². The van der Waals surface area contributed by atoms with Gasteiger partial charge in [0.1, 0.15) is 5.82 Å². The molecule has 0 N–H and O–H groups in total. The smallest absolute Gasteiger partial charge is 0.132 e. The largest absolute Gasteiger partial charge is 0.295 e. The number of hydrogen-bond donors (Lipinski definition) is 0. The Labute approximate surface area is 134 Å². The van der Waals surface area contributed by atoms with Gasteiger partial charge < -0.3 is 0 Å². The molecule has 1 heterocycles. The van der Waals surface area contributed by atoms with Gasteiger partial charge in [-0.1, -0.05) is 23.7 Å². The second-order valence-corrected chi connectivity index (χ2v) is 6.44. The molecule has 0 aliphatic heterocycles. The topological polar surface area (TPSA) is 17.8 Å². The minimum Gasteiger partial charge on any atom is -0.295 e. The fraction of sp³-hybridized carbons (Fsp3) is 0.235. The first-order valence-corrected chi connectivity index (χ1v) is 7.68. The lowest BCUT2D eigenvalue weighted by Gasteiger charge is -2.14. The Hall–Kier alpha value is -1.51. The highest BCUT2D eigenvalue weighted by molar-refractivity contribution is 6.31. The van der Waals surface area contributed by atoms with Gasteiger partial charge >= 0.3 is 0 Å². The predicted molar refractivity (Wildman–Crippen MR) is 89.8 cm³/mol. The van der Waals surface area contributed by atoms with E-state index in [1.54, 1.807) is 0 Å². The van der Waals surface area contributed by atoms with Gasteiger partial charge in [-0.3, -0.25) is 4.57 Å². The third-order valence-corrected chi connectivity index (χ3v) is 4.03. The lowest BCUT2D eigenvalue weighted by atomic mass is 10.1. The fourth-order valence-corrected chi connectivity index (χ4v) is 2.86. The summed E-state index contributed by atoms with van der Waals surface area (Å²) in [6.07, 6.45) is 0. The van der Waals surface area contributed by atoms with Gasteiger partial charge in [-0.15, -0.1) is 11.6 Å². The van der Waals surface area contributed by atoms with Crippen LogP contribution in [-0.2, 0) is 0 Å². The summed E-state index contributed by atoms with van der Waals surface area (Å²) in [5, 5.41) is 0.513. The van der Waals surface area contributed by atoms with Crippen molar-refractivity contribution >= 4 is 34.2 Å². The van der Waals surface area contributed by atoms with Crippen molar-refractivity contribution in [1.29, 1.82) is 0 Å². The van der Waals surface area contributed by atoms with Crippen LogP contribution in [0.5, 0.6) is 0 Å². The summed E-state index contributed by atoms with van der Waals surface area (Å²) in [4.78, 5) is 4.67. The normalized spacial score (nSPS) is 12.8. The molecule has 108 valence electrons. The van der Waals surface area contributed by atoms with E-state index in [0.717, 1.165) is 22.5 Å². The molecule has 1 aromatic heterocycles. The van der Waals surface area contributed by atoms with Crippen molar-refractivity contribution < 1.29 is 0 Å². The lowest BCUT2D eigenvalue weighted by molar-refractivity contribution is 0.877. The molecular weight excluding hydrogens is 303 g/mol. The maximum atomic E-state index is 6.35. The zero-order chi connectivity index (χ0) is 15.1. The molecule has 21 heavy (non-hydrogen) atoms. The molecule has 1 unspecified atom stereocenters. The minimum absolute atomic E-state index is 0.184. The molecule has 0 aliphatic rings. The van der Waals surface area contributed by atoms with Crippen LogP contribution in [0.15, 0.2) is 36.4 Å². The third-order valence-electron chi connectivity index (χ3n) is 3.60. The average molecular weight is 319 g/mol. The Morgan fingerprint density at radius 2 is 1.86 bits per heavy atom. The van der Waals surface area contributed by atoms with E-state index >= 15 is 0 Å². The van der Waals surface area contributed by atoms with Crippen molar-refractivity contribution in [3.05, 3.63) is 58.4 Å². The van der Waals surface area contributed by atoms with Gasteiger partial charge in [0, 0.05) is 5.02 Å². The van der Waals surface area contributed by atoms with Crippen LogP contribution in [0.25, 0.3) is 16.7 Å². The molecule has 2 aromatic carbocycles. The highest BCUT2D eigenvalue weighted by atomic mass is 35.5. The van der Waals surface area contributed by atoms with E-state index in [1.165, 1.54) is 11.1 Å². The van der Waals surface area contributed by atoms with Gasteiger partial charge in [0.2, 0.25) is 0 Å². The molecule has 0 saturated carbocycles. The number of aromatic nitrogens is 2. The zero-order valence-corrected chi connectivity index (χ0v) is 13.7. The van der Waals surface area contributed by atoms with Crippen LogP contribution in [0, 0.1) is 13.8 Å². The Kier molecular flexibility index (Phi) is 3.68. The number of halogens is 2. The summed E-state index contributed by atoms with van der Waals surface area (Å²) in [5.41, 5.74) is 5.37. The van der Waals surface area contributed by atoms with E-state index < -0.39 is 0 Å². The van der Waals surface area contributed by atoms with Crippen molar-refractivity contribution in [2.45, 2.75) is 26.1 Å². The number of hydrogen-bond acceptors (Lipinski definition) is 1. The molecule has 0 fully saturated rings. The number of nitrogens with zero attached hydrogens (tertiary/aromatic N) is 2. The van der Waals surface area contributed by atoms with Crippen LogP contribution < -0.4 is 0 Å². The molecule has 0 spiro atoms. The second kappa shape index (κ2) is 5.36. The minimum atomic E-state index is -0.184.